The lowest BCUT2D eigenvalue weighted by Crippen LogP contribution is -2.49. The summed E-state index contributed by atoms with van der Waals surface area (Å²) in [6.07, 6.45) is 4.55. The van der Waals surface area contributed by atoms with Crippen molar-refractivity contribution in [2.45, 2.75) is 38.9 Å². The third-order valence-corrected chi connectivity index (χ3v) is 7.78. The number of thiophene rings is 1. The maximum Gasteiger partial charge on any atom is 0.0897 e. The molecule has 1 saturated heterocycles. The number of benzene rings is 1. The average molecular weight is 411 g/mol. The van der Waals surface area contributed by atoms with E-state index in [1.165, 1.54) is 38.7 Å². The summed E-state index contributed by atoms with van der Waals surface area (Å²) in [7, 11) is 0. The quantitative estimate of drug-likeness (QED) is 0.675. The Hall–Kier alpha value is -1.73. The molecule has 4 heterocycles. The first-order valence-electron chi connectivity index (χ1n) is 10.1. The Bertz CT molecular complexity index is 927. The summed E-state index contributed by atoms with van der Waals surface area (Å²) in [5.74, 6) is 0. The monoisotopic (exact) mass is 410 g/mol. The van der Waals surface area contributed by atoms with Crippen LogP contribution in [0.15, 0.2) is 42.6 Å². The Morgan fingerprint density at radius 3 is 2.71 bits per heavy atom. The van der Waals surface area contributed by atoms with Gasteiger partial charge < -0.3 is 10.2 Å². The number of rotatable bonds is 4. The van der Waals surface area contributed by atoms with Crippen LogP contribution in [0.3, 0.4) is 0 Å². The highest BCUT2D eigenvalue weighted by Gasteiger charge is 2.30. The zero-order valence-electron chi connectivity index (χ0n) is 16.2. The molecule has 4 nitrogen and oxygen atoms in total. The van der Waals surface area contributed by atoms with E-state index in [0.717, 1.165) is 37.9 Å². The zero-order chi connectivity index (χ0) is 18.9. The Morgan fingerprint density at radius 2 is 1.96 bits per heavy atom. The molecule has 0 saturated carbocycles. The van der Waals surface area contributed by atoms with Crippen molar-refractivity contribution in [2.24, 2.45) is 0 Å². The molecule has 1 aromatic carbocycles. The topological polar surface area (TPSA) is 31.4 Å². The van der Waals surface area contributed by atoms with Crippen LogP contribution in [0.1, 0.15) is 27.6 Å². The molecule has 0 atom stereocenters. The third-order valence-electron chi connectivity index (χ3n) is 5.73. The molecule has 146 valence electrons. The van der Waals surface area contributed by atoms with Gasteiger partial charge in [-0.15, -0.1) is 22.7 Å². The van der Waals surface area contributed by atoms with Gasteiger partial charge in [0, 0.05) is 33.4 Å². The molecule has 0 bridgehead atoms. The van der Waals surface area contributed by atoms with E-state index in [2.05, 4.69) is 63.4 Å². The average Bonchev–Trinajstić information content (AvgIpc) is 3.35. The fourth-order valence-corrected chi connectivity index (χ4v) is 6.32. The minimum atomic E-state index is 0.683. The van der Waals surface area contributed by atoms with Crippen molar-refractivity contribution in [3.05, 3.63) is 57.4 Å². The van der Waals surface area contributed by atoms with E-state index in [-0.39, 0.29) is 0 Å². The number of nitrogens with zero attached hydrogens (tertiary/aromatic N) is 3. The number of aryl methyl sites for hydroxylation is 1. The number of nitrogens with one attached hydrogen (secondary N) is 1. The van der Waals surface area contributed by atoms with Gasteiger partial charge in [0.05, 0.1) is 23.9 Å². The highest BCUT2D eigenvalue weighted by molar-refractivity contribution is 7.16. The molecule has 0 amide bonds. The van der Waals surface area contributed by atoms with E-state index in [1.807, 2.05) is 28.9 Å². The van der Waals surface area contributed by atoms with Gasteiger partial charge >= 0.3 is 0 Å². The summed E-state index contributed by atoms with van der Waals surface area (Å²) >= 11 is 3.78. The van der Waals surface area contributed by atoms with Crippen LogP contribution in [0.4, 0.5) is 5.69 Å². The van der Waals surface area contributed by atoms with Gasteiger partial charge in [0.25, 0.3) is 0 Å². The van der Waals surface area contributed by atoms with Crippen molar-refractivity contribution in [3.63, 3.8) is 0 Å². The molecule has 2 aromatic heterocycles. The van der Waals surface area contributed by atoms with Gasteiger partial charge in [-0.1, -0.05) is 30.3 Å². The highest BCUT2D eigenvalue weighted by Crippen LogP contribution is 2.41. The summed E-state index contributed by atoms with van der Waals surface area (Å²) in [4.78, 5) is 14.0. The molecule has 1 N–H and O–H groups in total. The number of anilines is 1. The van der Waals surface area contributed by atoms with Crippen molar-refractivity contribution >= 4 is 28.4 Å². The van der Waals surface area contributed by atoms with Crippen LogP contribution in [0.5, 0.6) is 0 Å². The van der Waals surface area contributed by atoms with Crippen molar-refractivity contribution in [2.75, 3.05) is 24.7 Å². The van der Waals surface area contributed by atoms with Gasteiger partial charge in [-0.2, -0.15) is 0 Å². The Balaban J connectivity index is 1.47. The van der Waals surface area contributed by atoms with Gasteiger partial charge in [-0.25, -0.2) is 4.98 Å². The van der Waals surface area contributed by atoms with Gasteiger partial charge in [0.15, 0.2) is 0 Å². The van der Waals surface area contributed by atoms with Crippen LogP contribution in [0, 0.1) is 6.92 Å². The Labute approximate surface area is 174 Å². The zero-order valence-corrected chi connectivity index (χ0v) is 17.9. The lowest BCUT2D eigenvalue weighted by atomic mass is 10.0. The smallest absolute Gasteiger partial charge is 0.0897 e. The number of aromatic nitrogens is 1. The highest BCUT2D eigenvalue weighted by atomic mass is 32.1. The molecular weight excluding hydrogens is 384 g/mol. The number of hydrogen-bond acceptors (Lipinski definition) is 6. The SMILES string of the molecule is Cc1ncc(CN2CN(C3CCNCC3)Cc3sc(-c4ccccc4)cc32)s1. The second kappa shape index (κ2) is 7.95. The first-order valence-corrected chi connectivity index (χ1v) is 11.7. The first-order chi connectivity index (χ1) is 13.8. The lowest BCUT2D eigenvalue weighted by molar-refractivity contribution is 0.147. The van der Waals surface area contributed by atoms with Crippen molar-refractivity contribution in [1.82, 2.24) is 15.2 Å². The van der Waals surface area contributed by atoms with Gasteiger partial charge in [-0.3, -0.25) is 4.90 Å². The van der Waals surface area contributed by atoms with E-state index in [1.54, 1.807) is 0 Å². The first kappa shape index (κ1) is 18.3. The normalized spacial score (nSPS) is 18.4. The molecule has 0 radical (unpaired) electrons. The summed E-state index contributed by atoms with van der Waals surface area (Å²) < 4.78 is 0. The van der Waals surface area contributed by atoms with Gasteiger partial charge in [0.1, 0.15) is 0 Å². The number of piperidine rings is 1. The van der Waals surface area contributed by atoms with E-state index in [0.29, 0.717) is 6.04 Å². The number of hydrogen-bond donors (Lipinski definition) is 1. The van der Waals surface area contributed by atoms with E-state index in [9.17, 15) is 0 Å². The molecule has 6 heteroatoms. The maximum absolute atomic E-state index is 4.47. The number of fused-ring (bicyclic) bond motifs is 1. The molecular formula is C22H26N4S2. The lowest BCUT2D eigenvalue weighted by Gasteiger charge is -2.42. The third kappa shape index (κ3) is 3.74. The molecule has 28 heavy (non-hydrogen) atoms. The van der Waals surface area contributed by atoms with E-state index >= 15 is 0 Å². The number of thiazole rings is 1. The molecule has 3 aromatic rings. The molecule has 2 aliphatic rings. The Morgan fingerprint density at radius 1 is 1.14 bits per heavy atom. The molecule has 5 rings (SSSR count). The molecule has 0 unspecified atom stereocenters. The minimum absolute atomic E-state index is 0.683. The van der Waals surface area contributed by atoms with Crippen LogP contribution in [0.25, 0.3) is 10.4 Å². The summed E-state index contributed by atoms with van der Waals surface area (Å²) in [5, 5.41) is 4.66. The van der Waals surface area contributed by atoms with Crippen LogP contribution >= 0.6 is 22.7 Å². The Kier molecular flexibility index (Phi) is 5.20. The fourth-order valence-electron chi connectivity index (χ4n) is 4.29. The second-order valence-electron chi connectivity index (χ2n) is 7.70. The summed E-state index contributed by atoms with van der Waals surface area (Å²) in [6.45, 7) is 7.42. The standard InChI is InChI=1S/C22H26N4S2/c1-16-24-12-19(27-16)13-26-15-25(18-7-9-23-10-8-18)14-22-20(26)11-21(28-22)17-5-3-2-4-6-17/h2-6,11-12,18,23H,7-10,13-15H2,1H3. The molecule has 0 spiro atoms. The minimum Gasteiger partial charge on any atom is -0.352 e. The largest absolute Gasteiger partial charge is 0.352 e. The van der Waals surface area contributed by atoms with Crippen LogP contribution < -0.4 is 10.2 Å². The predicted octanol–water partition coefficient (Wildman–Crippen LogP) is 4.71. The van der Waals surface area contributed by atoms with Crippen LogP contribution in [-0.2, 0) is 13.1 Å². The molecule has 2 aliphatic heterocycles. The van der Waals surface area contributed by atoms with Crippen LogP contribution in [-0.4, -0.2) is 35.7 Å². The van der Waals surface area contributed by atoms with Crippen LogP contribution in [0.2, 0.25) is 0 Å². The van der Waals surface area contributed by atoms with Crippen molar-refractivity contribution < 1.29 is 0 Å². The molecule has 1 fully saturated rings. The van der Waals surface area contributed by atoms with Gasteiger partial charge in [0.2, 0.25) is 0 Å². The summed E-state index contributed by atoms with van der Waals surface area (Å²) in [5.41, 5.74) is 2.74. The molecule has 0 aliphatic carbocycles. The van der Waals surface area contributed by atoms with Crippen molar-refractivity contribution in [1.29, 1.82) is 0 Å². The fraction of sp³-hybridized carbons (Fsp3) is 0.409. The van der Waals surface area contributed by atoms with E-state index < -0.39 is 0 Å². The second-order valence-corrected chi connectivity index (χ2v) is 10.2. The predicted molar refractivity (Wildman–Crippen MR) is 119 cm³/mol. The van der Waals surface area contributed by atoms with Gasteiger partial charge in [-0.05, 0) is 44.5 Å². The van der Waals surface area contributed by atoms with Crippen molar-refractivity contribution in [3.8, 4) is 10.4 Å². The van der Waals surface area contributed by atoms with E-state index in [4.69, 9.17) is 0 Å². The summed E-state index contributed by atoms with van der Waals surface area (Å²) in [6, 6.07) is 13.9. The maximum atomic E-state index is 4.47.